The van der Waals surface area contributed by atoms with Crippen molar-refractivity contribution in [3.63, 3.8) is 0 Å². The van der Waals surface area contributed by atoms with Crippen LogP contribution in [-0.2, 0) is 26.8 Å². The summed E-state index contributed by atoms with van der Waals surface area (Å²) in [5.74, 6) is -0.369. The van der Waals surface area contributed by atoms with Gasteiger partial charge >= 0.3 is 23.5 Å². The number of hydrogen-bond donors (Lipinski definition) is 7. The first-order valence-electron chi connectivity index (χ1n) is 9.28. The molecule has 2 aromatic rings. The first-order chi connectivity index (χ1) is 15.6. The highest BCUT2D eigenvalue weighted by molar-refractivity contribution is 7.98. The second kappa shape index (κ2) is 8.56. The lowest BCUT2D eigenvalue weighted by atomic mass is 10.0. The molecule has 7 atom stereocenters. The number of nitrogens with zero attached hydrogens (tertiary/aromatic N) is 4. The van der Waals surface area contributed by atoms with E-state index in [9.17, 15) is 33.7 Å². The summed E-state index contributed by atoms with van der Waals surface area (Å²) in [7, 11) is -16.6. The Labute approximate surface area is 194 Å². The number of phosphoric ester groups is 1. The number of anilines is 1. The average Bonchev–Trinajstić information content (AvgIpc) is 3.18. The van der Waals surface area contributed by atoms with E-state index < -0.39 is 59.7 Å². The number of aliphatic hydroxyl groups excluding tert-OH is 2. The van der Waals surface area contributed by atoms with Crippen LogP contribution in [0.1, 0.15) is 12.5 Å². The van der Waals surface area contributed by atoms with Crippen molar-refractivity contribution in [2.45, 2.75) is 29.8 Å². The standard InChI is InChI=1S/C13H20N5O12P3S/c1-34-12-16-10(14)6-11(17-12)18(4-15-6)7-5-2-13(5,9(20)8(7)19)3-28-32(24,25)30-33(26,27)29-31(21,22)23/h4-5,7-9,19-20H,2-3H2,1H3,(H,24,25)(H,26,27)(H2,14,16,17)(H2,21,22,23)/t5-,7?,8?,9?,13-/m1/s1. The minimum Gasteiger partial charge on any atom is -0.390 e. The second-order valence-corrected chi connectivity index (χ2v) is 12.9. The van der Waals surface area contributed by atoms with Crippen LogP contribution in [0.25, 0.3) is 11.2 Å². The fourth-order valence-corrected chi connectivity index (χ4v) is 7.72. The molecule has 0 saturated heterocycles. The number of rotatable bonds is 9. The first-order valence-corrected chi connectivity index (χ1v) is 15.0. The van der Waals surface area contributed by atoms with Crippen LogP contribution in [0.5, 0.6) is 0 Å². The minimum atomic E-state index is -5.68. The highest BCUT2D eigenvalue weighted by Crippen LogP contribution is 2.71. The second-order valence-electron chi connectivity index (χ2n) is 7.75. The van der Waals surface area contributed by atoms with Gasteiger partial charge in [0.25, 0.3) is 0 Å². The summed E-state index contributed by atoms with van der Waals surface area (Å²) in [5, 5.41) is 21.7. The van der Waals surface area contributed by atoms with E-state index in [0.29, 0.717) is 10.8 Å². The summed E-state index contributed by atoms with van der Waals surface area (Å²) in [5.41, 5.74) is 5.28. The van der Waals surface area contributed by atoms with Gasteiger partial charge in [-0.25, -0.2) is 28.6 Å². The zero-order valence-electron chi connectivity index (χ0n) is 17.0. The fraction of sp³-hybridized carbons (Fsp3) is 0.615. The summed E-state index contributed by atoms with van der Waals surface area (Å²) in [4.78, 5) is 48.8. The fourth-order valence-electron chi connectivity index (χ4n) is 4.26. The molecule has 2 aliphatic rings. The van der Waals surface area contributed by atoms with Crippen molar-refractivity contribution in [1.29, 1.82) is 0 Å². The zero-order chi connectivity index (χ0) is 25.3. The molecule has 0 amide bonds. The summed E-state index contributed by atoms with van der Waals surface area (Å²) < 4.78 is 47.9. The van der Waals surface area contributed by atoms with Crippen LogP contribution in [0.4, 0.5) is 5.82 Å². The molecule has 0 spiro atoms. The number of imidazole rings is 1. The van der Waals surface area contributed by atoms with Gasteiger partial charge in [-0.3, -0.25) is 4.52 Å². The monoisotopic (exact) mass is 563 g/mol. The van der Waals surface area contributed by atoms with Gasteiger partial charge in [0, 0.05) is 5.41 Å². The maximum Gasteiger partial charge on any atom is 0.490 e. The van der Waals surface area contributed by atoms with E-state index in [-0.39, 0.29) is 17.8 Å². The minimum absolute atomic E-state index is 0.121. The molecular weight excluding hydrogens is 543 g/mol. The number of hydrogen-bond acceptors (Lipinski definition) is 13. The largest absolute Gasteiger partial charge is 0.490 e. The van der Waals surface area contributed by atoms with E-state index in [0.717, 1.165) is 0 Å². The summed E-state index contributed by atoms with van der Waals surface area (Å²) in [6, 6.07) is -0.770. The molecule has 5 unspecified atom stereocenters. The number of fused-ring (bicyclic) bond motifs is 2. The van der Waals surface area contributed by atoms with Gasteiger partial charge in [0.2, 0.25) is 0 Å². The number of aromatic nitrogens is 4. The Hall–Kier alpha value is -0.970. The van der Waals surface area contributed by atoms with Crippen molar-refractivity contribution in [3.8, 4) is 0 Å². The lowest BCUT2D eigenvalue weighted by molar-refractivity contribution is -0.0297. The van der Waals surface area contributed by atoms with Gasteiger partial charge in [-0.15, -0.1) is 0 Å². The topological polar surface area (TPSA) is 270 Å². The van der Waals surface area contributed by atoms with E-state index >= 15 is 0 Å². The molecule has 0 radical (unpaired) electrons. The Bertz CT molecular complexity index is 1270. The maximum atomic E-state index is 12.1. The zero-order valence-corrected chi connectivity index (χ0v) is 20.5. The van der Waals surface area contributed by atoms with Crippen molar-refractivity contribution >= 4 is 52.2 Å². The van der Waals surface area contributed by atoms with Gasteiger partial charge in [0.1, 0.15) is 11.6 Å². The third kappa shape index (κ3) is 4.84. The Morgan fingerprint density at radius 1 is 1.18 bits per heavy atom. The molecular formula is C13H20N5O12P3S. The van der Waals surface area contributed by atoms with Gasteiger partial charge < -0.3 is 40.1 Å². The van der Waals surface area contributed by atoms with Crippen molar-refractivity contribution in [2.24, 2.45) is 11.3 Å². The molecule has 0 aliphatic heterocycles. The number of nitrogens with two attached hydrogens (primary N) is 1. The van der Waals surface area contributed by atoms with Crippen molar-refractivity contribution < 1.29 is 56.6 Å². The van der Waals surface area contributed by atoms with Crippen molar-refractivity contribution in [3.05, 3.63) is 6.33 Å². The normalized spacial score (nSPS) is 32.3. The third-order valence-corrected chi connectivity index (χ3v) is 10.0. The van der Waals surface area contributed by atoms with Gasteiger partial charge in [0.15, 0.2) is 16.6 Å². The van der Waals surface area contributed by atoms with Gasteiger partial charge in [-0.1, -0.05) is 11.8 Å². The van der Waals surface area contributed by atoms with Crippen molar-refractivity contribution in [1.82, 2.24) is 19.5 Å². The average molecular weight is 563 g/mol. The maximum absolute atomic E-state index is 12.1. The first kappa shape index (κ1) is 26.1. The van der Waals surface area contributed by atoms with Crippen LogP contribution >= 0.6 is 35.2 Å². The molecule has 4 rings (SSSR count). The summed E-state index contributed by atoms with van der Waals surface area (Å²) in [6.07, 6.45) is 0.531. The molecule has 2 heterocycles. The summed E-state index contributed by atoms with van der Waals surface area (Å²) >= 11 is 1.23. The SMILES string of the molecule is CSc1nc(N)c2ncn(C3C(O)C(O)[C@@]4(COP(=O)(O)OP(=O)(O)OP(=O)(O)O)C[C@H]34)c2n1. The lowest BCUT2D eigenvalue weighted by Crippen LogP contribution is -2.35. The van der Waals surface area contributed by atoms with Crippen LogP contribution in [0.3, 0.4) is 0 Å². The molecule has 2 fully saturated rings. The lowest BCUT2D eigenvalue weighted by Gasteiger charge is -2.24. The van der Waals surface area contributed by atoms with E-state index in [4.69, 9.17) is 20.0 Å². The highest BCUT2D eigenvalue weighted by atomic mass is 32.2. The molecule has 0 aromatic carbocycles. The molecule has 0 bridgehead atoms. The predicted octanol–water partition coefficient (Wildman–Crippen LogP) is -0.243. The Morgan fingerprint density at radius 3 is 2.47 bits per heavy atom. The van der Waals surface area contributed by atoms with Gasteiger partial charge in [0.05, 0.1) is 25.1 Å². The molecule has 21 heteroatoms. The summed E-state index contributed by atoms with van der Waals surface area (Å²) in [6.45, 7) is -0.699. The molecule has 2 aliphatic carbocycles. The molecule has 2 saturated carbocycles. The quantitative estimate of drug-likeness (QED) is 0.118. The van der Waals surface area contributed by atoms with E-state index in [2.05, 4.69) is 23.6 Å². The van der Waals surface area contributed by atoms with Crippen LogP contribution in [0.2, 0.25) is 0 Å². The Balaban J connectivity index is 1.53. The highest BCUT2D eigenvalue weighted by Gasteiger charge is 2.72. The molecule has 190 valence electrons. The Morgan fingerprint density at radius 2 is 1.85 bits per heavy atom. The smallest absolute Gasteiger partial charge is 0.390 e. The van der Waals surface area contributed by atoms with Gasteiger partial charge in [-0.2, -0.15) is 8.62 Å². The molecule has 34 heavy (non-hydrogen) atoms. The molecule has 8 N–H and O–H groups in total. The Kier molecular flexibility index (Phi) is 6.57. The number of phosphoric acid groups is 3. The van der Waals surface area contributed by atoms with Crippen LogP contribution < -0.4 is 5.73 Å². The van der Waals surface area contributed by atoms with Crippen LogP contribution in [0.15, 0.2) is 11.5 Å². The van der Waals surface area contributed by atoms with Gasteiger partial charge in [-0.05, 0) is 18.6 Å². The number of aliphatic hydroxyl groups is 2. The van der Waals surface area contributed by atoms with E-state index in [1.54, 1.807) is 6.26 Å². The molecule has 17 nitrogen and oxygen atoms in total. The predicted molar refractivity (Wildman–Crippen MR) is 113 cm³/mol. The number of nitrogen functional groups attached to an aromatic ring is 1. The third-order valence-electron chi connectivity index (χ3n) is 5.70. The molecule has 2 aromatic heterocycles. The van der Waals surface area contributed by atoms with E-state index in [1.165, 1.54) is 22.7 Å². The number of thioether (sulfide) groups is 1. The van der Waals surface area contributed by atoms with E-state index in [1.807, 2.05) is 0 Å². The van der Waals surface area contributed by atoms with Crippen molar-refractivity contribution in [2.75, 3.05) is 18.6 Å². The van der Waals surface area contributed by atoms with Crippen LogP contribution in [-0.4, -0.2) is 74.4 Å². The van der Waals surface area contributed by atoms with Crippen LogP contribution in [0, 0.1) is 11.3 Å².